The van der Waals surface area contributed by atoms with Gasteiger partial charge in [-0.15, -0.1) is 4.79 Å². The number of hydrogen-bond donors (Lipinski definition) is 0. The van der Waals surface area contributed by atoms with Crippen LogP contribution in [0, 0.1) is 12.7 Å². The number of aryl methyl sites for hydroxylation is 1. The van der Waals surface area contributed by atoms with Crippen molar-refractivity contribution in [2.75, 3.05) is 5.01 Å². The molecular weight excluding hydrogens is 313 g/mol. The molecule has 4 rings (SSSR count). The SMILES string of the molecule is Cc1nn(N2C(=O)c3ccc(F)cc3C2=O)c(=O)c2c1CCCC2. The first-order valence-electron chi connectivity index (χ1n) is 7.79. The van der Waals surface area contributed by atoms with E-state index in [2.05, 4.69) is 5.10 Å². The molecule has 1 aromatic carbocycles. The van der Waals surface area contributed by atoms with Crippen LogP contribution in [0.25, 0.3) is 0 Å². The number of benzene rings is 1. The van der Waals surface area contributed by atoms with Gasteiger partial charge in [-0.3, -0.25) is 14.4 Å². The molecule has 0 atom stereocenters. The molecule has 7 heteroatoms. The monoisotopic (exact) mass is 327 g/mol. The number of fused-ring (bicyclic) bond motifs is 2. The third-order valence-electron chi connectivity index (χ3n) is 4.61. The van der Waals surface area contributed by atoms with E-state index in [9.17, 15) is 18.8 Å². The largest absolute Gasteiger partial charge is 0.290 e. The van der Waals surface area contributed by atoms with Crippen LogP contribution in [-0.2, 0) is 12.8 Å². The lowest BCUT2D eigenvalue weighted by molar-refractivity contribution is 0.0875. The van der Waals surface area contributed by atoms with E-state index >= 15 is 0 Å². The van der Waals surface area contributed by atoms with Crippen LogP contribution in [0.3, 0.4) is 0 Å². The Balaban J connectivity index is 1.89. The number of nitrogens with zero attached hydrogens (tertiary/aromatic N) is 3. The van der Waals surface area contributed by atoms with Gasteiger partial charge in [0.15, 0.2) is 0 Å². The van der Waals surface area contributed by atoms with Crippen molar-refractivity contribution < 1.29 is 14.0 Å². The van der Waals surface area contributed by atoms with Crippen LogP contribution in [0.2, 0.25) is 0 Å². The van der Waals surface area contributed by atoms with Crippen LogP contribution in [0.4, 0.5) is 4.39 Å². The number of aromatic nitrogens is 2. The average Bonchev–Trinajstić information content (AvgIpc) is 2.82. The average molecular weight is 327 g/mol. The third-order valence-corrected chi connectivity index (χ3v) is 4.61. The zero-order valence-corrected chi connectivity index (χ0v) is 13.0. The normalized spacial score (nSPS) is 16.3. The number of amides is 2. The second-order valence-corrected chi connectivity index (χ2v) is 6.06. The summed E-state index contributed by atoms with van der Waals surface area (Å²) in [4.78, 5) is 38.6. The molecular formula is C17H14FN3O3. The second-order valence-electron chi connectivity index (χ2n) is 6.06. The van der Waals surface area contributed by atoms with Crippen LogP contribution in [0.1, 0.15) is 50.4 Å². The molecule has 1 aromatic heterocycles. The number of halogens is 1. The van der Waals surface area contributed by atoms with E-state index in [-0.39, 0.29) is 11.1 Å². The molecule has 2 aromatic rings. The van der Waals surface area contributed by atoms with Crippen molar-refractivity contribution >= 4 is 11.8 Å². The standard InChI is InChI=1S/C17H14FN3O3/c1-9-11-4-2-3-5-12(11)17(24)21(19-9)20-15(22)13-7-6-10(18)8-14(13)16(20)23/h6-8H,2-5H2,1H3. The van der Waals surface area contributed by atoms with E-state index < -0.39 is 23.2 Å². The highest BCUT2D eigenvalue weighted by Gasteiger charge is 2.39. The summed E-state index contributed by atoms with van der Waals surface area (Å²) in [6.07, 6.45) is 3.26. The van der Waals surface area contributed by atoms with Gasteiger partial charge in [0.1, 0.15) is 5.82 Å². The predicted molar refractivity (Wildman–Crippen MR) is 83.2 cm³/mol. The van der Waals surface area contributed by atoms with Crippen LogP contribution < -0.4 is 10.6 Å². The zero-order chi connectivity index (χ0) is 17.0. The molecule has 0 spiro atoms. The first-order chi connectivity index (χ1) is 11.5. The Morgan fingerprint density at radius 1 is 1.00 bits per heavy atom. The maximum atomic E-state index is 13.4. The van der Waals surface area contributed by atoms with Gasteiger partial charge < -0.3 is 0 Å². The van der Waals surface area contributed by atoms with E-state index in [1.54, 1.807) is 6.92 Å². The number of imide groups is 1. The summed E-state index contributed by atoms with van der Waals surface area (Å²) in [6.45, 7) is 1.76. The lowest BCUT2D eigenvalue weighted by Crippen LogP contribution is -2.49. The number of rotatable bonds is 1. The number of hydrogen-bond acceptors (Lipinski definition) is 4. The Hall–Kier alpha value is -2.83. The van der Waals surface area contributed by atoms with Crippen LogP contribution in [-0.4, -0.2) is 21.7 Å². The van der Waals surface area contributed by atoms with Gasteiger partial charge in [-0.2, -0.15) is 10.1 Å². The Morgan fingerprint density at radius 3 is 2.42 bits per heavy atom. The molecule has 0 radical (unpaired) electrons. The van der Waals surface area contributed by atoms with Crippen LogP contribution in [0.5, 0.6) is 0 Å². The Labute approximate surface area is 136 Å². The second kappa shape index (κ2) is 5.09. The van der Waals surface area contributed by atoms with E-state index in [0.717, 1.165) is 41.7 Å². The Morgan fingerprint density at radius 2 is 1.67 bits per heavy atom. The molecule has 0 N–H and O–H groups in total. The van der Waals surface area contributed by atoms with Gasteiger partial charge in [0.05, 0.1) is 16.8 Å². The smallest absolute Gasteiger partial charge is 0.267 e. The summed E-state index contributed by atoms with van der Waals surface area (Å²) < 4.78 is 13.4. The van der Waals surface area contributed by atoms with E-state index in [4.69, 9.17) is 0 Å². The van der Waals surface area contributed by atoms with Gasteiger partial charge >= 0.3 is 0 Å². The summed E-state index contributed by atoms with van der Waals surface area (Å²) in [5, 5.41) is 4.87. The molecule has 0 saturated heterocycles. The molecule has 1 aliphatic carbocycles. The van der Waals surface area contributed by atoms with Gasteiger partial charge in [0.2, 0.25) is 0 Å². The lowest BCUT2D eigenvalue weighted by atomic mass is 9.92. The maximum absolute atomic E-state index is 13.4. The summed E-state index contributed by atoms with van der Waals surface area (Å²) in [6, 6.07) is 3.37. The van der Waals surface area contributed by atoms with E-state index in [1.807, 2.05) is 0 Å². The fraction of sp³-hybridized carbons (Fsp3) is 0.294. The van der Waals surface area contributed by atoms with Gasteiger partial charge in [0.25, 0.3) is 17.4 Å². The van der Waals surface area contributed by atoms with Gasteiger partial charge in [0, 0.05) is 5.56 Å². The molecule has 2 aliphatic rings. The fourth-order valence-electron chi connectivity index (χ4n) is 3.42. The minimum Gasteiger partial charge on any atom is -0.267 e. The number of carbonyl (C=O) groups is 2. The lowest BCUT2D eigenvalue weighted by Gasteiger charge is -2.21. The highest BCUT2D eigenvalue weighted by molar-refractivity contribution is 6.30. The van der Waals surface area contributed by atoms with Crippen molar-refractivity contribution in [2.45, 2.75) is 32.6 Å². The Bertz CT molecular complexity index is 964. The van der Waals surface area contributed by atoms with Crippen molar-refractivity contribution in [3.05, 3.63) is 62.3 Å². The van der Waals surface area contributed by atoms with Gasteiger partial charge in [-0.25, -0.2) is 4.39 Å². The number of carbonyl (C=O) groups excluding carboxylic acids is 2. The molecule has 0 fully saturated rings. The van der Waals surface area contributed by atoms with Crippen LogP contribution >= 0.6 is 0 Å². The zero-order valence-electron chi connectivity index (χ0n) is 13.0. The molecule has 6 nitrogen and oxygen atoms in total. The molecule has 0 saturated carbocycles. The van der Waals surface area contributed by atoms with Crippen molar-refractivity contribution in [1.29, 1.82) is 0 Å². The van der Waals surface area contributed by atoms with Crippen molar-refractivity contribution in [3.63, 3.8) is 0 Å². The first-order valence-corrected chi connectivity index (χ1v) is 7.79. The third kappa shape index (κ3) is 1.94. The molecule has 24 heavy (non-hydrogen) atoms. The van der Waals surface area contributed by atoms with Crippen molar-refractivity contribution in [3.8, 4) is 0 Å². The summed E-state index contributed by atoms with van der Waals surface area (Å²) in [5.41, 5.74) is 1.72. The molecule has 122 valence electrons. The van der Waals surface area contributed by atoms with Gasteiger partial charge in [-0.1, -0.05) is 0 Å². The van der Waals surface area contributed by atoms with Crippen LogP contribution in [0.15, 0.2) is 23.0 Å². The fourth-order valence-corrected chi connectivity index (χ4v) is 3.42. The summed E-state index contributed by atoms with van der Waals surface area (Å²) in [7, 11) is 0. The highest BCUT2D eigenvalue weighted by Crippen LogP contribution is 2.24. The van der Waals surface area contributed by atoms with Crippen molar-refractivity contribution in [1.82, 2.24) is 9.89 Å². The van der Waals surface area contributed by atoms with E-state index in [0.29, 0.717) is 22.7 Å². The summed E-state index contributed by atoms with van der Waals surface area (Å²) >= 11 is 0. The highest BCUT2D eigenvalue weighted by atomic mass is 19.1. The molecule has 2 amide bonds. The molecule has 0 unspecified atom stereocenters. The minimum atomic E-state index is -0.737. The maximum Gasteiger partial charge on any atom is 0.290 e. The quantitative estimate of drug-likeness (QED) is 0.744. The van der Waals surface area contributed by atoms with Crippen molar-refractivity contribution in [2.24, 2.45) is 0 Å². The molecule has 2 heterocycles. The molecule has 0 bridgehead atoms. The van der Waals surface area contributed by atoms with E-state index in [1.165, 1.54) is 6.07 Å². The van der Waals surface area contributed by atoms with Gasteiger partial charge in [-0.05, 0) is 56.4 Å². The minimum absolute atomic E-state index is 0.0518. The summed E-state index contributed by atoms with van der Waals surface area (Å²) in [5.74, 6) is -2.02. The topological polar surface area (TPSA) is 72.3 Å². The first kappa shape index (κ1) is 14.7. The predicted octanol–water partition coefficient (Wildman–Crippen LogP) is 1.50. The molecule has 1 aliphatic heterocycles. The Kier molecular flexibility index (Phi) is 3.13.